The number of benzene rings is 1. The molecular formula is C16H21BrN2S. The van der Waals surface area contributed by atoms with Gasteiger partial charge in [-0.3, -0.25) is 0 Å². The van der Waals surface area contributed by atoms with Crippen LogP contribution in [0.3, 0.4) is 0 Å². The lowest BCUT2D eigenvalue weighted by Gasteiger charge is -2.06. The van der Waals surface area contributed by atoms with E-state index >= 15 is 0 Å². The molecule has 0 spiro atoms. The molecule has 2 aromatic rings. The topological polar surface area (TPSA) is 24.9 Å². The molecule has 4 heteroatoms. The summed E-state index contributed by atoms with van der Waals surface area (Å²) in [5.74, 6) is 0. The van der Waals surface area contributed by atoms with Crippen LogP contribution in [0.2, 0.25) is 0 Å². The minimum absolute atomic E-state index is 0.497. The fourth-order valence-electron chi connectivity index (χ4n) is 2.00. The van der Waals surface area contributed by atoms with Crippen LogP contribution in [0.5, 0.6) is 0 Å². The van der Waals surface area contributed by atoms with E-state index in [2.05, 4.69) is 67.1 Å². The number of aryl methyl sites for hydroxylation is 2. The molecule has 1 aromatic heterocycles. The Balaban J connectivity index is 2.33. The van der Waals surface area contributed by atoms with Crippen molar-refractivity contribution in [2.45, 2.75) is 46.7 Å². The summed E-state index contributed by atoms with van der Waals surface area (Å²) in [7, 11) is 0. The van der Waals surface area contributed by atoms with Gasteiger partial charge in [0.15, 0.2) is 0 Å². The molecular weight excluding hydrogens is 332 g/mol. The average Bonchev–Trinajstić information content (AvgIpc) is 2.79. The number of thiazole rings is 1. The summed E-state index contributed by atoms with van der Waals surface area (Å²) >= 11 is 5.45. The zero-order chi connectivity index (χ0) is 14.7. The van der Waals surface area contributed by atoms with Gasteiger partial charge in [0, 0.05) is 27.5 Å². The fraction of sp³-hybridized carbons (Fsp3) is 0.438. The number of nitrogens with one attached hydrogen (secondary N) is 1. The number of nitrogens with zero attached hydrogens (tertiary/aromatic N) is 1. The lowest BCUT2D eigenvalue weighted by molar-refractivity contribution is 0.590. The van der Waals surface area contributed by atoms with Gasteiger partial charge in [0.1, 0.15) is 5.01 Å². The van der Waals surface area contributed by atoms with E-state index in [0.29, 0.717) is 6.04 Å². The highest BCUT2D eigenvalue weighted by atomic mass is 79.9. The van der Waals surface area contributed by atoms with E-state index in [1.165, 1.54) is 21.7 Å². The minimum atomic E-state index is 0.497. The number of hydrogen-bond acceptors (Lipinski definition) is 3. The predicted molar refractivity (Wildman–Crippen MR) is 91.3 cm³/mol. The first-order valence-corrected chi connectivity index (χ1v) is 8.60. The molecule has 0 aliphatic heterocycles. The Hall–Kier alpha value is -0.710. The number of halogens is 1. The van der Waals surface area contributed by atoms with Crippen LogP contribution in [0.25, 0.3) is 10.6 Å². The van der Waals surface area contributed by atoms with Crippen LogP contribution in [0.1, 0.15) is 36.9 Å². The summed E-state index contributed by atoms with van der Waals surface area (Å²) in [6.45, 7) is 9.52. The van der Waals surface area contributed by atoms with Crippen LogP contribution in [0.15, 0.2) is 22.7 Å². The second-order valence-electron chi connectivity index (χ2n) is 5.26. The van der Waals surface area contributed by atoms with Gasteiger partial charge in [0.25, 0.3) is 0 Å². The lowest BCUT2D eigenvalue weighted by atomic mass is 10.1. The highest BCUT2D eigenvalue weighted by molar-refractivity contribution is 9.10. The molecule has 1 aromatic carbocycles. The fourth-order valence-corrected chi connectivity index (χ4v) is 3.96. The Morgan fingerprint density at radius 1 is 1.35 bits per heavy atom. The Bertz CT molecular complexity index is 590. The Labute approximate surface area is 133 Å². The van der Waals surface area contributed by atoms with Crippen LogP contribution >= 0.6 is 27.3 Å². The minimum Gasteiger partial charge on any atom is -0.310 e. The first-order chi connectivity index (χ1) is 9.51. The van der Waals surface area contributed by atoms with Crippen molar-refractivity contribution < 1.29 is 0 Å². The van der Waals surface area contributed by atoms with Gasteiger partial charge >= 0.3 is 0 Å². The van der Waals surface area contributed by atoms with Crippen LogP contribution in [-0.2, 0) is 13.0 Å². The van der Waals surface area contributed by atoms with Crippen molar-refractivity contribution in [3.8, 4) is 10.6 Å². The third-order valence-corrected chi connectivity index (χ3v) is 4.93. The van der Waals surface area contributed by atoms with Gasteiger partial charge in [-0.25, -0.2) is 4.98 Å². The number of rotatable bonds is 5. The van der Waals surface area contributed by atoms with E-state index in [4.69, 9.17) is 4.98 Å². The highest BCUT2D eigenvalue weighted by Gasteiger charge is 2.13. The van der Waals surface area contributed by atoms with Gasteiger partial charge in [-0.05, 0) is 25.0 Å². The maximum absolute atomic E-state index is 4.82. The second-order valence-corrected chi connectivity index (χ2v) is 7.20. The van der Waals surface area contributed by atoms with Gasteiger partial charge in [0.05, 0.1) is 5.69 Å². The molecule has 0 aliphatic rings. The Kier molecular flexibility index (Phi) is 5.35. The summed E-state index contributed by atoms with van der Waals surface area (Å²) in [4.78, 5) is 6.17. The standard InChI is InChI=1S/C16H21BrN2S/c1-5-14-15(9-18-10(2)3)20-16(19-14)12-7-6-11(4)8-13(12)17/h6-8,10,18H,5,9H2,1-4H3. The first-order valence-electron chi connectivity index (χ1n) is 6.99. The molecule has 108 valence electrons. The zero-order valence-corrected chi connectivity index (χ0v) is 14.9. The summed E-state index contributed by atoms with van der Waals surface area (Å²) in [6.07, 6.45) is 0.981. The quantitative estimate of drug-likeness (QED) is 0.823. The molecule has 1 N–H and O–H groups in total. The SMILES string of the molecule is CCc1nc(-c2ccc(C)cc2Br)sc1CNC(C)C. The Morgan fingerprint density at radius 3 is 2.70 bits per heavy atom. The molecule has 0 aliphatic carbocycles. The maximum Gasteiger partial charge on any atom is 0.125 e. The average molecular weight is 353 g/mol. The molecule has 0 saturated heterocycles. The van der Waals surface area contributed by atoms with Crippen molar-refractivity contribution in [1.29, 1.82) is 0 Å². The first kappa shape index (κ1) is 15.7. The summed E-state index contributed by atoms with van der Waals surface area (Å²) in [6, 6.07) is 6.93. The summed E-state index contributed by atoms with van der Waals surface area (Å²) in [5, 5.41) is 4.59. The van der Waals surface area contributed by atoms with E-state index in [-0.39, 0.29) is 0 Å². The predicted octanol–water partition coefficient (Wildman–Crippen LogP) is 4.94. The van der Waals surface area contributed by atoms with E-state index in [9.17, 15) is 0 Å². The summed E-state index contributed by atoms with van der Waals surface area (Å²) in [5.41, 5.74) is 3.66. The molecule has 0 atom stereocenters. The van der Waals surface area contributed by atoms with Crippen molar-refractivity contribution in [3.05, 3.63) is 38.8 Å². The molecule has 0 unspecified atom stereocenters. The van der Waals surface area contributed by atoms with E-state index < -0.39 is 0 Å². The lowest BCUT2D eigenvalue weighted by Crippen LogP contribution is -2.21. The molecule has 2 nitrogen and oxygen atoms in total. The third kappa shape index (κ3) is 3.68. The van der Waals surface area contributed by atoms with Crippen molar-refractivity contribution >= 4 is 27.3 Å². The molecule has 0 saturated carbocycles. The van der Waals surface area contributed by atoms with Crippen LogP contribution < -0.4 is 5.32 Å². The van der Waals surface area contributed by atoms with E-state index in [1.54, 1.807) is 11.3 Å². The normalized spacial score (nSPS) is 11.3. The number of aromatic nitrogens is 1. The third-order valence-electron chi connectivity index (χ3n) is 3.14. The number of hydrogen-bond donors (Lipinski definition) is 1. The van der Waals surface area contributed by atoms with E-state index in [1.807, 2.05) is 0 Å². The van der Waals surface area contributed by atoms with Gasteiger partial charge in [-0.1, -0.05) is 48.8 Å². The molecule has 0 fully saturated rings. The van der Waals surface area contributed by atoms with E-state index in [0.717, 1.165) is 22.4 Å². The van der Waals surface area contributed by atoms with Gasteiger partial charge in [-0.15, -0.1) is 11.3 Å². The highest BCUT2D eigenvalue weighted by Crippen LogP contribution is 2.34. The van der Waals surface area contributed by atoms with Crippen molar-refractivity contribution in [2.75, 3.05) is 0 Å². The second kappa shape index (κ2) is 6.83. The van der Waals surface area contributed by atoms with Crippen LogP contribution in [-0.4, -0.2) is 11.0 Å². The summed E-state index contributed by atoms with van der Waals surface area (Å²) < 4.78 is 1.12. The molecule has 0 amide bonds. The molecule has 0 radical (unpaired) electrons. The van der Waals surface area contributed by atoms with Gasteiger partial charge < -0.3 is 5.32 Å². The van der Waals surface area contributed by atoms with Gasteiger partial charge in [0.2, 0.25) is 0 Å². The van der Waals surface area contributed by atoms with Crippen molar-refractivity contribution in [3.63, 3.8) is 0 Å². The van der Waals surface area contributed by atoms with Crippen LogP contribution in [0.4, 0.5) is 0 Å². The van der Waals surface area contributed by atoms with Crippen molar-refractivity contribution in [2.24, 2.45) is 0 Å². The zero-order valence-electron chi connectivity index (χ0n) is 12.5. The largest absolute Gasteiger partial charge is 0.310 e. The molecule has 20 heavy (non-hydrogen) atoms. The smallest absolute Gasteiger partial charge is 0.125 e. The monoisotopic (exact) mass is 352 g/mol. The van der Waals surface area contributed by atoms with Gasteiger partial charge in [-0.2, -0.15) is 0 Å². The van der Waals surface area contributed by atoms with Crippen molar-refractivity contribution in [1.82, 2.24) is 10.3 Å². The maximum atomic E-state index is 4.82. The molecule has 1 heterocycles. The van der Waals surface area contributed by atoms with Crippen LogP contribution in [0, 0.1) is 6.92 Å². The molecule has 0 bridgehead atoms. The Morgan fingerprint density at radius 2 is 2.10 bits per heavy atom. The molecule has 2 rings (SSSR count).